The van der Waals surface area contributed by atoms with Crippen molar-refractivity contribution in [2.45, 2.75) is 0 Å². The van der Waals surface area contributed by atoms with E-state index < -0.39 is 0 Å². The first-order valence-corrected chi connectivity index (χ1v) is 9.07. The Labute approximate surface area is 137 Å². The third-order valence-electron chi connectivity index (χ3n) is 3.15. The molecule has 0 unspecified atom stereocenters. The predicted octanol–water partition coefficient (Wildman–Crippen LogP) is 3.45. The minimum atomic E-state index is -0.0349. The number of carbonyl (C=O) groups is 1. The monoisotopic (exact) mass is 329 g/mol. The lowest BCUT2D eigenvalue weighted by molar-refractivity contribution is 0.0956. The summed E-state index contributed by atoms with van der Waals surface area (Å²) in [5.74, 6) is 0.881. The van der Waals surface area contributed by atoms with Crippen molar-refractivity contribution in [3.63, 3.8) is 0 Å². The van der Waals surface area contributed by atoms with Crippen LogP contribution in [-0.4, -0.2) is 34.4 Å². The van der Waals surface area contributed by atoms with Gasteiger partial charge in [-0.15, -0.1) is 11.3 Å². The standard InChI is InChI=1S/C16H15N3OS2/c1-21-8-7-18-15(20)11-4-5-13-14(9-11)22-16(19-13)12-3-2-6-17-10-12/h2-6,9-10H,7-8H2,1H3,(H,18,20). The number of benzene rings is 1. The average Bonchev–Trinajstić information content (AvgIpc) is 2.99. The molecule has 0 saturated heterocycles. The van der Waals surface area contributed by atoms with Crippen LogP contribution >= 0.6 is 23.1 Å². The quantitative estimate of drug-likeness (QED) is 0.729. The van der Waals surface area contributed by atoms with E-state index in [1.54, 1.807) is 35.5 Å². The summed E-state index contributed by atoms with van der Waals surface area (Å²) in [6, 6.07) is 9.51. The Morgan fingerprint density at radius 3 is 3.05 bits per heavy atom. The van der Waals surface area contributed by atoms with Gasteiger partial charge >= 0.3 is 0 Å². The zero-order valence-corrected chi connectivity index (χ0v) is 13.7. The number of fused-ring (bicyclic) bond motifs is 1. The van der Waals surface area contributed by atoms with Gasteiger partial charge < -0.3 is 5.32 Å². The molecule has 3 aromatic rings. The molecule has 0 radical (unpaired) electrons. The van der Waals surface area contributed by atoms with Gasteiger partial charge in [0.1, 0.15) is 5.01 Å². The Bertz CT molecular complexity index is 786. The van der Waals surface area contributed by atoms with Crippen molar-refractivity contribution in [2.24, 2.45) is 0 Å². The van der Waals surface area contributed by atoms with E-state index in [0.29, 0.717) is 12.1 Å². The molecule has 0 aliphatic heterocycles. The molecule has 0 bridgehead atoms. The number of amides is 1. The Balaban J connectivity index is 1.86. The maximum Gasteiger partial charge on any atom is 0.251 e. The number of thioether (sulfide) groups is 1. The first-order chi connectivity index (χ1) is 10.8. The van der Waals surface area contributed by atoms with Crippen molar-refractivity contribution in [1.82, 2.24) is 15.3 Å². The number of nitrogens with one attached hydrogen (secondary N) is 1. The van der Waals surface area contributed by atoms with Crippen LogP contribution in [0.4, 0.5) is 0 Å². The van der Waals surface area contributed by atoms with Gasteiger partial charge in [-0.3, -0.25) is 9.78 Å². The Morgan fingerprint density at radius 2 is 2.27 bits per heavy atom. The number of rotatable bonds is 5. The van der Waals surface area contributed by atoms with Gasteiger partial charge in [-0.2, -0.15) is 11.8 Å². The van der Waals surface area contributed by atoms with Crippen molar-refractivity contribution >= 4 is 39.2 Å². The average molecular weight is 329 g/mol. The lowest BCUT2D eigenvalue weighted by atomic mass is 10.2. The van der Waals surface area contributed by atoms with Crippen LogP contribution in [0.1, 0.15) is 10.4 Å². The van der Waals surface area contributed by atoms with Crippen LogP contribution in [0.3, 0.4) is 0 Å². The zero-order chi connectivity index (χ0) is 15.4. The van der Waals surface area contributed by atoms with Crippen LogP contribution in [0.5, 0.6) is 0 Å². The van der Waals surface area contributed by atoms with Crippen molar-refractivity contribution in [2.75, 3.05) is 18.6 Å². The predicted molar refractivity (Wildman–Crippen MR) is 93.6 cm³/mol. The van der Waals surface area contributed by atoms with Crippen LogP contribution in [-0.2, 0) is 0 Å². The fraction of sp³-hybridized carbons (Fsp3) is 0.188. The largest absolute Gasteiger partial charge is 0.351 e. The maximum absolute atomic E-state index is 12.1. The van der Waals surface area contributed by atoms with Crippen molar-refractivity contribution < 1.29 is 4.79 Å². The van der Waals surface area contributed by atoms with Crippen LogP contribution < -0.4 is 5.32 Å². The van der Waals surface area contributed by atoms with Gasteiger partial charge in [-0.25, -0.2) is 4.98 Å². The molecule has 0 aliphatic carbocycles. The highest BCUT2D eigenvalue weighted by molar-refractivity contribution is 7.98. The van der Waals surface area contributed by atoms with Gasteiger partial charge in [0.05, 0.1) is 10.2 Å². The molecular weight excluding hydrogens is 314 g/mol. The number of carbonyl (C=O) groups excluding carboxylic acids is 1. The lowest BCUT2D eigenvalue weighted by Crippen LogP contribution is -2.25. The summed E-state index contributed by atoms with van der Waals surface area (Å²) in [7, 11) is 0. The number of nitrogens with zero attached hydrogens (tertiary/aromatic N) is 2. The number of thiazole rings is 1. The molecule has 0 aliphatic rings. The topological polar surface area (TPSA) is 54.9 Å². The van der Waals surface area contributed by atoms with Gasteiger partial charge in [0.2, 0.25) is 0 Å². The molecule has 1 aromatic carbocycles. The molecule has 4 nitrogen and oxygen atoms in total. The highest BCUT2D eigenvalue weighted by Gasteiger charge is 2.10. The molecule has 0 fully saturated rings. The second kappa shape index (κ2) is 6.89. The summed E-state index contributed by atoms with van der Waals surface area (Å²) in [5.41, 5.74) is 2.58. The zero-order valence-electron chi connectivity index (χ0n) is 12.1. The molecule has 1 amide bonds. The maximum atomic E-state index is 12.1. The molecule has 1 N–H and O–H groups in total. The second-order valence-corrected chi connectivity index (χ2v) is 6.71. The molecule has 0 saturated carbocycles. The van der Waals surface area contributed by atoms with Crippen molar-refractivity contribution in [3.05, 3.63) is 48.3 Å². The highest BCUT2D eigenvalue weighted by atomic mass is 32.2. The summed E-state index contributed by atoms with van der Waals surface area (Å²) in [4.78, 5) is 20.8. The van der Waals surface area contributed by atoms with Crippen LogP contribution in [0, 0.1) is 0 Å². The van der Waals surface area contributed by atoms with E-state index in [1.165, 1.54) is 0 Å². The fourth-order valence-corrected chi connectivity index (χ4v) is 3.35. The summed E-state index contributed by atoms with van der Waals surface area (Å²) in [6.07, 6.45) is 5.57. The number of hydrogen-bond acceptors (Lipinski definition) is 5. The Kier molecular flexibility index (Phi) is 4.70. The van der Waals surface area contributed by atoms with E-state index in [1.807, 2.05) is 36.6 Å². The van der Waals surface area contributed by atoms with Crippen LogP contribution in [0.15, 0.2) is 42.7 Å². The van der Waals surface area contributed by atoms with E-state index in [9.17, 15) is 4.79 Å². The molecule has 0 spiro atoms. The van der Waals surface area contributed by atoms with Crippen LogP contribution in [0.25, 0.3) is 20.8 Å². The van der Waals surface area contributed by atoms with Gasteiger partial charge in [0.15, 0.2) is 0 Å². The van der Waals surface area contributed by atoms with Gasteiger partial charge in [0, 0.05) is 35.8 Å². The van der Waals surface area contributed by atoms with E-state index in [0.717, 1.165) is 26.5 Å². The molecule has 2 aromatic heterocycles. The Hall–Kier alpha value is -1.92. The number of aromatic nitrogens is 2. The third kappa shape index (κ3) is 3.28. The van der Waals surface area contributed by atoms with Gasteiger partial charge in [0.25, 0.3) is 5.91 Å². The summed E-state index contributed by atoms with van der Waals surface area (Å²) >= 11 is 3.29. The normalized spacial score (nSPS) is 10.8. The summed E-state index contributed by atoms with van der Waals surface area (Å²) < 4.78 is 1.01. The van der Waals surface area contributed by atoms with Gasteiger partial charge in [-0.1, -0.05) is 0 Å². The molecule has 3 rings (SSSR count). The first kappa shape index (κ1) is 15.0. The molecule has 112 valence electrons. The lowest BCUT2D eigenvalue weighted by Gasteiger charge is -2.03. The number of hydrogen-bond donors (Lipinski definition) is 1. The minimum Gasteiger partial charge on any atom is -0.351 e. The molecule has 2 heterocycles. The molecular formula is C16H15N3OS2. The SMILES string of the molecule is CSCCNC(=O)c1ccc2nc(-c3cccnc3)sc2c1. The van der Waals surface area contributed by atoms with Crippen molar-refractivity contribution in [3.8, 4) is 10.6 Å². The van der Waals surface area contributed by atoms with Gasteiger partial charge in [-0.05, 0) is 36.6 Å². The first-order valence-electron chi connectivity index (χ1n) is 6.86. The molecule has 0 atom stereocenters. The fourth-order valence-electron chi connectivity index (χ4n) is 2.05. The molecule has 6 heteroatoms. The van der Waals surface area contributed by atoms with E-state index in [2.05, 4.69) is 15.3 Å². The van der Waals surface area contributed by atoms with E-state index >= 15 is 0 Å². The number of pyridine rings is 1. The van der Waals surface area contributed by atoms with E-state index in [4.69, 9.17) is 0 Å². The summed E-state index contributed by atoms with van der Waals surface area (Å²) in [5, 5.41) is 3.84. The van der Waals surface area contributed by atoms with E-state index in [-0.39, 0.29) is 5.91 Å². The minimum absolute atomic E-state index is 0.0349. The second-order valence-electron chi connectivity index (χ2n) is 4.69. The highest BCUT2D eigenvalue weighted by Crippen LogP contribution is 2.30. The smallest absolute Gasteiger partial charge is 0.251 e. The molecule has 22 heavy (non-hydrogen) atoms. The van der Waals surface area contributed by atoms with Crippen molar-refractivity contribution in [1.29, 1.82) is 0 Å². The van der Waals surface area contributed by atoms with Crippen LogP contribution in [0.2, 0.25) is 0 Å². The summed E-state index contributed by atoms with van der Waals surface area (Å²) in [6.45, 7) is 0.682. The Morgan fingerprint density at radius 1 is 1.36 bits per heavy atom. The third-order valence-corrected chi connectivity index (χ3v) is 4.83.